The van der Waals surface area contributed by atoms with Crippen LogP contribution >= 0.6 is 0 Å². The summed E-state index contributed by atoms with van der Waals surface area (Å²) >= 11 is 0. The molecule has 2 unspecified atom stereocenters. The lowest BCUT2D eigenvalue weighted by Gasteiger charge is -2.34. The Bertz CT molecular complexity index is 470. The van der Waals surface area contributed by atoms with Crippen molar-refractivity contribution in [1.82, 2.24) is 9.80 Å². The van der Waals surface area contributed by atoms with Crippen LogP contribution in [0.15, 0.2) is 0 Å². The van der Waals surface area contributed by atoms with E-state index in [0.717, 1.165) is 12.8 Å². The number of carboxylic acid groups (broad SMARTS) is 1. The van der Waals surface area contributed by atoms with Gasteiger partial charge in [0.15, 0.2) is 0 Å². The first-order chi connectivity index (χ1) is 10.4. The van der Waals surface area contributed by atoms with Gasteiger partial charge in [-0.15, -0.1) is 0 Å². The van der Waals surface area contributed by atoms with Crippen LogP contribution in [0, 0.1) is 5.92 Å². The quantitative estimate of drug-likeness (QED) is 0.841. The van der Waals surface area contributed by atoms with Crippen molar-refractivity contribution in [3.63, 3.8) is 0 Å². The largest absolute Gasteiger partial charge is 0.479 e. The van der Waals surface area contributed by atoms with Crippen molar-refractivity contribution in [3.8, 4) is 0 Å². The normalized spacial score (nSPS) is 28.7. The molecule has 0 bridgehead atoms. The predicted octanol–water partition coefficient (Wildman–Crippen LogP) is 1.05. The first-order valence-electron chi connectivity index (χ1n) is 7.86. The van der Waals surface area contributed by atoms with E-state index in [1.165, 1.54) is 4.90 Å². The fraction of sp³-hybridized carbons (Fsp3) is 0.800. The molecule has 0 saturated carbocycles. The number of hydrogen-bond acceptors (Lipinski definition) is 3. The minimum absolute atomic E-state index is 0.0480. The molecule has 2 atom stereocenters. The van der Waals surface area contributed by atoms with E-state index in [2.05, 4.69) is 0 Å². The highest BCUT2D eigenvalue weighted by Gasteiger charge is 2.48. The summed E-state index contributed by atoms with van der Waals surface area (Å²) < 4.78 is 14.1. The molecule has 1 N–H and O–H groups in total. The molecule has 2 aliphatic heterocycles. The first kappa shape index (κ1) is 16.7. The van der Waals surface area contributed by atoms with E-state index in [1.54, 1.807) is 4.90 Å². The van der Waals surface area contributed by atoms with Crippen LogP contribution in [0.2, 0.25) is 0 Å². The second-order valence-corrected chi connectivity index (χ2v) is 6.21. The Morgan fingerprint density at radius 2 is 2.00 bits per heavy atom. The minimum atomic E-state index is -2.33. The minimum Gasteiger partial charge on any atom is -0.479 e. The van der Waals surface area contributed by atoms with E-state index in [0.29, 0.717) is 25.9 Å². The molecule has 0 aromatic heterocycles. The van der Waals surface area contributed by atoms with Crippen LogP contribution < -0.4 is 0 Å². The zero-order valence-corrected chi connectivity index (χ0v) is 12.9. The molecule has 0 aromatic rings. The van der Waals surface area contributed by atoms with E-state index in [-0.39, 0.29) is 37.2 Å². The molecule has 2 fully saturated rings. The van der Waals surface area contributed by atoms with Gasteiger partial charge in [-0.05, 0) is 19.3 Å². The Hall–Kier alpha value is -1.66. The summed E-state index contributed by atoms with van der Waals surface area (Å²) in [6, 6.07) is 0. The average molecular weight is 314 g/mol. The molecular weight excluding hydrogens is 291 g/mol. The Morgan fingerprint density at radius 3 is 2.59 bits per heavy atom. The summed E-state index contributed by atoms with van der Waals surface area (Å²) in [5, 5.41) is 8.89. The Kier molecular flexibility index (Phi) is 5.03. The van der Waals surface area contributed by atoms with Crippen molar-refractivity contribution in [3.05, 3.63) is 0 Å². The fourth-order valence-corrected chi connectivity index (χ4v) is 3.17. The van der Waals surface area contributed by atoms with Crippen molar-refractivity contribution in [2.75, 3.05) is 26.2 Å². The summed E-state index contributed by atoms with van der Waals surface area (Å²) in [7, 11) is 0. The number of carboxylic acids is 1. The number of likely N-dealkylation sites (tertiary alicyclic amines) is 2. The lowest BCUT2D eigenvalue weighted by atomic mass is 9.96. The van der Waals surface area contributed by atoms with Gasteiger partial charge in [0.1, 0.15) is 0 Å². The molecule has 0 radical (unpaired) electrons. The fourth-order valence-electron chi connectivity index (χ4n) is 3.17. The topological polar surface area (TPSA) is 77.9 Å². The zero-order valence-electron chi connectivity index (χ0n) is 12.9. The van der Waals surface area contributed by atoms with E-state index < -0.39 is 11.6 Å². The number of amides is 2. The SMILES string of the molecule is CCCC(=O)N1CCCC(C(=O)N2CCC(F)(C(=O)O)C2)C1. The van der Waals surface area contributed by atoms with Crippen LogP contribution in [0.25, 0.3) is 0 Å². The number of carbonyl (C=O) groups is 3. The van der Waals surface area contributed by atoms with Gasteiger partial charge in [-0.25, -0.2) is 9.18 Å². The van der Waals surface area contributed by atoms with Gasteiger partial charge in [-0.1, -0.05) is 6.92 Å². The summed E-state index contributed by atoms with van der Waals surface area (Å²) in [6.45, 7) is 2.69. The van der Waals surface area contributed by atoms with E-state index in [4.69, 9.17) is 5.11 Å². The van der Waals surface area contributed by atoms with E-state index >= 15 is 0 Å². The van der Waals surface area contributed by atoms with Crippen LogP contribution in [0.1, 0.15) is 39.0 Å². The lowest BCUT2D eigenvalue weighted by Crippen LogP contribution is -2.47. The van der Waals surface area contributed by atoms with Crippen molar-refractivity contribution in [2.24, 2.45) is 5.92 Å². The molecule has 2 saturated heterocycles. The van der Waals surface area contributed by atoms with Crippen LogP contribution in [0.3, 0.4) is 0 Å². The monoisotopic (exact) mass is 314 g/mol. The van der Waals surface area contributed by atoms with E-state index in [1.807, 2.05) is 6.92 Å². The van der Waals surface area contributed by atoms with Crippen molar-refractivity contribution < 1.29 is 23.9 Å². The number of rotatable bonds is 4. The zero-order chi connectivity index (χ0) is 16.3. The predicted molar refractivity (Wildman–Crippen MR) is 76.9 cm³/mol. The van der Waals surface area contributed by atoms with Crippen LogP contribution in [0.4, 0.5) is 4.39 Å². The number of alkyl halides is 1. The third-order valence-corrected chi connectivity index (χ3v) is 4.50. The molecule has 0 spiro atoms. The first-order valence-corrected chi connectivity index (χ1v) is 7.86. The molecule has 0 aromatic carbocycles. The van der Waals surface area contributed by atoms with Crippen LogP contribution in [0.5, 0.6) is 0 Å². The third-order valence-electron chi connectivity index (χ3n) is 4.50. The standard InChI is InChI=1S/C15H23FN2O4/c1-2-4-12(19)17-7-3-5-11(9-17)13(20)18-8-6-15(16,10-18)14(21)22/h11H,2-10H2,1H3,(H,21,22). The molecule has 0 aliphatic carbocycles. The van der Waals surface area contributed by atoms with Gasteiger partial charge in [0.2, 0.25) is 17.5 Å². The number of nitrogens with zero attached hydrogens (tertiary/aromatic N) is 2. The molecule has 2 aliphatic rings. The van der Waals surface area contributed by atoms with Crippen LogP contribution in [-0.2, 0) is 14.4 Å². The second kappa shape index (κ2) is 6.62. The Morgan fingerprint density at radius 1 is 1.27 bits per heavy atom. The maximum atomic E-state index is 14.1. The summed E-state index contributed by atoms with van der Waals surface area (Å²) in [6.07, 6.45) is 2.48. The molecule has 6 nitrogen and oxygen atoms in total. The smallest absolute Gasteiger partial charge is 0.343 e. The van der Waals surface area contributed by atoms with Crippen LogP contribution in [-0.4, -0.2) is 64.5 Å². The molecule has 2 rings (SSSR count). The van der Waals surface area contributed by atoms with Crippen molar-refractivity contribution in [2.45, 2.75) is 44.7 Å². The summed E-state index contributed by atoms with van der Waals surface area (Å²) in [5.41, 5.74) is -2.33. The number of hydrogen-bond donors (Lipinski definition) is 1. The third kappa shape index (κ3) is 3.39. The molecule has 2 heterocycles. The van der Waals surface area contributed by atoms with Gasteiger partial charge in [0, 0.05) is 32.5 Å². The lowest BCUT2D eigenvalue weighted by molar-refractivity contribution is -0.150. The van der Waals surface area contributed by atoms with Crippen molar-refractivity contribution >= 4 is 17.8 Å². The molecule has 22 heavy (non-hydrogen) atoms. The highest BCUT2D eigenvalue weighted by molar-refractivity contribution is 5.84. The number of halogens is 1. The summed E-state index contributed by atoms with van der Waals surface area (Å²) in [5.74, 6) is -2.03. The molecule has 124 valence electrons. The second-order valence-electron chi connectivity index (χ2n) is 6.21. The highest BCUT2D eigenvalue weighted by atomic mass is 19.1. The Labute approximate surface area is 129 Å². The summed E-state index contributed by atoms with van der Waals surface area (Å²) in [4.78, 5) is 38.3. The number of aliphatic carboxylic acids is 1. The molecular formula is C15H23FN2O4. The molecule has 2 amide bonds. The van der Waals surface area contributed by atoms with Crippen molar-refractivity contribution in [1.29, 1.82) is 0 Å². The number of piperidine rings is 1. The van der Waals surface area contributed by atoms with Gasteiger partial charge in [-0.3, -0.25) is 9.59 Å². The van der Waals surface area contributed by atoms with Gasteiger partial charge >= 0.3 is 5.97 Å². The highest BCUT2D eigenvalue weighted by Crippen LogP contribution is 2.29. The van der Waals surface area contributed by atoms with Gasteiger partial charge in [0.25, 0.3) is 0 Å². The Balaban J connectivity index is 1.95. The van der Waals surface area contributed by atoms with Gasteiger partial charge in [-0.2, -0.15) is 0 Å². The maximum absolute atomic E-state index is 14.1. The van der Waals surface area contributed by atoms with Gasteiger partial charge < -0.3 is 14.9 Å². The van der Waals surface area contributed by atoms with Gasteiger partial charge in [0.05, 0.1) is 12.5 Å². The molecule has 7 heteroatoms. The van der Waals surface area contributed by atoms with E-state index in [9.17, 15) is 18.8 Å². The number of carbonyl (C=O) groups excluding carboxylic acids is 2. The average Bonchev–Trinajstić information content (AvgIpc) is 2.91. The maximum Gasteiger partial charge on any atom is 0.343 e.